The maximum atomic E-state index is 12.6. The molecular weight excluding hydrogens is 433 g/mol. The van der Waals surface area contributed by atoms with Crippen molar-refractivity contribution in [3.63, 3.8) is 0 Å². The number of piperidine rings is 1. The molecule has 0 spiro atoms. The van der Waals surface area contributed by atoms with E-state index in [0.717, 1.165) is 49.1 Å². The molecule has 0 radical (unpaired) electrons. The summed E-state index contributed by atoms with van der Waals surface area (Å²) in [6, 6.07) is 18.3. The summed E-state index contributed by atoms with van der Waals surface area (Å²) in [5.74, 6) is 1.02. The Bertz CT molecular complexity index is 959. The molecule has 1 amide bonds. The molecule has 2 heterocycles. The number of hydrogen-bond acceptors (Lipinski definition) is 5. The molecule has 166 valence electrons. The van der Waals surface area contributed by atoms with Crippen LogP contribution in [-0.4, -0.2) is 45.9 Å². The Morgan fingerprint density at radius 3 is 2.45 bits per heavy atom. The van der Waals surface area contributed by atoms with Crippen LogP contribution in [0.25, 0.3) is 10.9 Å². The van der Waals surface area contributed by atoms with Crippen molar-refractivity contribution in [1.29, 1.82) is 0 Å². The minimum atomic E-state index is -0.145. The molecule has 1 saturated heterocycles. The zero-order valence-corrected chi connectivity index (χ0v) is 18.9. The zero-order chi connectivity index (χ0) is 20.1. The van der Waals surface area contributed by atoms with Gasteiger partial charge in [0.05, 0.1) is 5.52 Å². The van der Waals surface area contributed by atoms with Gasteiger partial charge in [-0.15, -0.1) is 24.8 Å². The van der Waals surface area contributed by atoms with E-state index < -0.39 is 0 Å². The molecule has 0 saturated carbocycles. The third kappa shape index (κ3) is 6.53. The van der Waals surface area contributed by atoms with Gasteiger partial charge in [-0.05, 0) is 37.0 Å². The first-order valence-corrected chi connectivity index (χ1v) is 10.2. The molecule has 1 aromatic heterocycles. The molecule has 8 heteroatoms. The molecule has 1 aliphatic heterocycles. The number of carbonyl (C=O) groups excluding carboxylic acids is 1. The van der Waals surface area contributed by atoms with Crippen LogP contribution in [0.5, 0.6) is 0 Å². The number of halogens is 2. The van der Waals surface area contributed by atoms with Gasteiger partial charge in [-0.2, -0.15) is 0 Å². The highest BCUT2D eigenvalue weighted by atomic mass is 35.5. The molecule has 0 aliphatic carbocycles. The van der Waals surface area contributed by atoms with Gasteiger partial charge in [0.25, 0.3) is 0 Å². The lowest BCUT2D eigenvalue weighted by Gasteiger charge is -2.33. The number of likely N-dealkylation sites (tertiary alicyclic amines) is 1. The fraction of sp³-hybridized carbons (Fsp3) is 0.348. The number of nitrogens with one attached hydrogen (secondary N) is 1. The number of carbonyl (C=O) groups is 1. The number of aromatic nitrogens is 2. The Hall–Kier alpha value is -2.41. The van der Waals surface area contributed by atoms with Crippen LogP contribution in [0.4, 0.5) is 5.82 Å². The van der Waals surface area contributed by atoms with Crippen molar-refractivity contribution in [3.8, 4) is 0 Å². The van der Waals surface area contributed by atoms with Gasteiger partial charge in [0.2, 0.25) is 5.91 Å². The van der Waals surface area contributed by atoms with Crippen molar-refractivity contribution in [2.45, 2.75) is 37.8 Å². The van der Waals surface area contributed by atoms with E-state index in [1.165, 1.54) is 5.56 Å². The Labute approximate surface area is 195 Å². The van der Waals surface area contributed by atoms with Gasteiger partial charge in [0.1, 0.15) is 12.1 Å². The highest BCUT2D eigenvalue weighted by Crippen LogP contribution is 2.22. The lowest BCUT2D eigenvalue weighted by atomic mass is 10.0. The van der Waals surface area contributed by atoms with E-state index in [2.05, 4.69) is 27.4 Å². The molecule has 3 N–H and O–H groups in total. The standard InChI is InChI=1S/C23H27N5O.2ClH/c24-18(14-17-6-2-1-3-7-17)15-22(29)28-12-10-19(11-13-28)27-23-20-8-4-5-9-21(20)25-16-26-23;;/h1-9,16,18-19H,10-15,24H2,(H,25,26,27);2*1H. The number of benzene rings is 2. The molecule has 1 unspecified atom stereocenters. The Kier molecular flexibility index (Phi) is 9.49. The fourth-order valence-corrected chi connectivity index (χ4v) is 3.93. The molecule has 4 rings (SSSR count). The van der Waals surface area contributed by atoms with Gasteiger partial charge in [-0.1, -0.05) is 42.5 Å². The Morgan fingerprint density at radius 2 is 1.71 bits per heavy atom. The third-order valence-corrected chi connectivity index (χ3v) is 5.51. The molecule has 1 aliphatic rings. The summed E-state index contributed by atoms with van der Waals surface area (Å²) in [6.07, 6.45) is 4.52. The largest absolute Gasteiger partial charge is 0.367 e. The quantitative estimate of drug-likeness (QED) is 0.582. The first kappa shape index (κ1) is 24.9. The summed E-state index contributed by atoms with van der Waals surface area (Å²) in [5.41, 5.74) is 8.33. The summed E-state index contributed by atoms with van der Waals surface area (Å²) in [7, 11) is 0. The summed E-state index contributed by atoms with van der Waals surface area (Å²) < 4.78 is 0. The normalized spacial score (nSPS) is 14.9. The van der Waals surface area contributed by atoms with Crippen LogP contribution in [0, 0.1) is 0 Å². The van der Waals surface area contributed by atoms with Crippen molar-refractivity contribution in [2.24, 2.45) is 5.73 Å². The summed E-state index contributed by atoms with van der Waals surface area (Å²) in [5, 5.41) is 4.57. The van der Waals surface area contributed by atoms with E-state index in [-0.39, 0.29) is 36.8 Å². The summed E-state index contributed by atoms with van der Waals surface area (Å²) >= 11 is 0. The maximum Gasteiger partial charge on any atom is 0.224 e. The van der Waals surface area contributed by atoms with Crippen molar-refractivity contribution >= 4 is 47.4 Å². The highest BCUT2D eigenvalue weighted by molar-refractivity contribution is 5.88. The van der Waals surface area contributed by atoms with Gasteiger partial charge < -0.3 is 16.0 Å². The van der Waals surface area contributed by atoms with Crippen molar-refractivity contribution in [2.75, 3.05) is 18.4 Å². The highest BCUT2D eigenvalue weighted by Gasteiger charge is 2.24. The average Bonchev–Trinajstić information content (AvgIpc) is 2.75. The molecule has 31 heavy (non-hydrogen) atoms. The number of fused-ring (bicyclic) bond motifs is 1. The zero-order valence-electron chi connectivity index (χ0n) is 17.3. The monoisotopic (exact) mass is 461 g/mol. The smallest absolute Gasteiger partial charge is 0.224 e. The molecular formula is C23H29Cl2N5O. The lowest BCUT2D eigenvalue weighted by molar-refractivity contribution is -0.132. The Morgan fingerprint density at radius 1 is 1.03 bits per heavy atom. The van der Waals surface area contributed by atoms with E-state index in [0.29, 0.717) is 12.5 Å². The summed E-state index contributed by atoms with van der Waals surface area (Å²) in [4.78, 5) is 23.3. The number of amides is 1. The molecule has 2 aromatic carbocycles. The van der Waals surface area contributed by atoms with Crippen LogP contribution >= 0.6 is 24.8 Å². The average molecular weight is 462 g/mol. The van der Waals surface area contributed by atoms with Gasteiger partial charge in [-0.25, -0.2) is 9.97 Å². The predicted molar refractivity (Wildman–Crippen MR) is 130 cm³/mol. The number of anilines is 1. The van der Waals surface area contributed by atoms with Crippen LogP contribution in [0.3, 0.4) is 0 Å². The van der Waals surface area contributed by atoms with Crippen LogP contribution in [0.15, 0.2) is 60.9 Å². The summed E-state index contributed by atoms with van der Waals surface area (Å²) in [6.45, 7) is 1.50. The van der Waals surface area contributed by atoms with Gasteiger partial charge in [0.15, 0.2) is 0 Å². The second-order valence-electron chi connectivity index (χ2n) is 7.69. The molecule has 6 nitrogen and oxygen atoms in total. The number of rotatable bonds is 6. The van der Waals surface area contributed by atoms with Crippen molar-refractivity contribution in [3.05, 3.63) is 66.5 Å². The van der Waals surface area contributed by atoms with E-state index in [1.807, 2.05) is 47.4 Å². The van der Waals surface area contributed by atoms with E-state index >= 15 is 0 Å². The first-order chi connectivity index (χ1) is 14.2. The lowest BCUT2D eigenvalue weighted by Crippen LogP contribution is -2.44. The topological polar surface area (TPSA) is 84.1 Å². The SMILES string of the molecule is Cl.Cl.NC(CC(=O)N1CCC(Nc2ncnc3ccccc23)CC1)Cc1ccccc1. The fourth-order valence-electron chi connectivity index (χ4n) is 3.93. The van der Waals surface area contributed by atoms with E-state index in [4.69, 9.17) is 5.73 Å². The van der Waals surface area contributed by atoms with Crippen LogP contribution in [-0.2, 0) is 11.2 Å². The second kappa shape index (κ2) is 11.8. The molecule has 0 bridgehead atoms. The van der Waals surface area contributed by atoms with E-state index in [1.54, 1.807) is 6.33 Å². The molecule has 1 atom stereocenters. The van der Waals surface area contributed by atoms with Crippen LogP contribution in [0.1, 0.15) is 24.8 Å². The first-order valence-electron chi connectivity index (χ1n) is 10.2. The third-order valence-electron chi connectivity index (χ3n) is 5.51. The van der Waals surface area contributed by atoms with E-state index in [9.17, 15) is 4.79 Å². The van der Waals surface area contributed by atoms with Crippen molar-refractivity contribution < 1.29 is 4.79 Å². The predicted octanol–water partition coefficient (Wildman–Crippen LogP) is 3.84. The van der Waals surface area contributed by atoms with Gasteiger partial charge in [-0.3, -0.25) is 4.79 Å². The minimum absolute atomic E-state index is 0. The number of nitrogens with two attached hydrogens (primary N) is 1. The van der Waals surface area contributed by atoms with Gasteiger partial charge >= 0.3 is 0 Å². The minimum Gasteiger partial charge on any atom is -0.367 e. The van der Waals surface area contributed by atoms with Crippen molar-refractivity contribution in [1.82, 2.24) is 14.9 Å². The molecule has 3 aromatic rings. The maximum absolute atomic E-state index is 12.6. The Balaban J connectivity index is 0.00000171. The number of para-hydroxylation sites is 1. The van der Waals surface area contributed by atoms with Crippen LogP contribution in [0.2, 0.25) is 0 Å². The van der Waals surface area contributed by atoms with Crippen LogP contribution < -0.4 is 11.1 Å². The number of nitrogens with zero attached hydrogens (tertiary/aromatic N) is 3. The molecule has 1 fully saturated rings. The second-order valence-corrected chi connectivity index (χ2v) is 7.69. The number of hydrogen-bond donors (Lipinski definition) is 2. The van der Waals surface area contributed by atoms with Gasteiger partial charge in [0, 0.05) is 37.0 Å².